The van der Waals surface area contributed by atoms with Crippen LogP contribution in [-0.2, 0) is 24.0 Å². The van der Waals surface area contributed by atoms with Crippen molar-refractivity contribution in [3.05, 3.63) is 0 Å². The Kier molecular flexibility index (Phi) is 13.0. The maximum absolute atomic E-state index is 12.6. The van der Waals surface area contributed by atoms with Gasteiger partial charge in [-0.2, -0.15) is 0 Å². The predicted molar refractivity (Wildman–Crippen MR) is 116 cm³/mol. The molecule has 0 rings (SSSR count). The van der Waals surface area contributed by atoms with Gasteiger partial charge in [-0.15, -0.1) is 0 Å². The topological polar surface area (TPSA) is 273 Å². The Morgan fingerprint density at radius 2 is 1.52 bits per heavy atom. The van der Waals surface area contributed by atoms with E-state index in [1.165, 1.54) is 13.8 Å². The molecule has 5 unspecified atom stereocenters. The van der Waals surface area contributed by atoms with E-state index in [0.717, 1.165) is 0 Å². The smallest absolute Gasteiger partial charge is 0.325 e. The van der Waals surface area contributed by atoms with E-state index in [1.807, 2.05) is 0 Å². The molecule has 0 aromatic heterocycles. The van der Waals surface area contributed by atoms with E-state index in [1.54, 1.807) is 0 Å². The maximum Gasteiger partial charge on any atom is 0.325 e. The van der Waals surface area contributed by atoms with Gasteiger partial charge in [0.05, 0.1) is 12.1 Å². The lowest BCUT2D eigenvalue weighted by atomic mass is 10.1. The highest BCUT2D eigenvalue weighted by Crippen LogP contribution is 2.04. The minimum atomic E-state index is -1.52. The Balaban J connectivity index is 5.21. The highest BCUT2D eigenvalue weighted by molar-refractivity contribution is 5.94. The maximum atomic E-state index is 12.6. The molecule has 15 heteroatoms. The molecule has 0 aliphatic heterocycles. The molecular formula is C18H33N7O8. The molecule has 12 N–H and O–H groups in total. The SMILES string of the molecule is CC(NC(=O)C(CCC(=O)O)NC(=O)C(NC(=O)C(N)CCCN=C(N)N)C(C)O)C(=O)O. The number of carboxylic acid groups (broad SMARTS) is 2. The van der Waals surface area contributed by atoms with E-state index in [9.17, 15) is 29.1 Å². The van der Waals surface area contributed by atoms with Gasteiger partial charge in [-0.3, -0.25) is 29.0 Å². The summed E-state index contributed by atoms with van der Waals surface area (Å²) in [6, 6.07) is -5.29. The summed E-state index contributed by atoms with van der Waals surface area (Å²) in [4.78, 5) is 62.9. The van der Waals surface area contributed by atoms with Crippen molar-refractivity contribution in [2.45, 2.75) is 69.8 Å². The van der Waals surface area contributed by atoms with Gasteiger partial charge in [-0.1, -0.05) is 0 Å². The van der Waals surface area contributed by atoms with Crippen LogP contribution in [0.25, 0.3) is 0 Å². The normalized spacial score (nSPS) is 15.2. The van der Waals surface area contributed by atoms with Crippen LogP contribution in [0.15, 0.2) is 4.99 Å². The van der Waals surface area contributed by atoms with Gasteiger partial charge in [-0.25, -0.2) is 0 Å². The molecule has 0 saturated carbocycles. The minimum Gasteiger partial charge on any atom is -0.481 e. The zero-order valence-electron chi connectivity index (χ0n) is 18.5. The number of rotatable bonds is 15. The monoisotopic (exact) mass is 475 g/mol. The Morgan fingerprint density at radius 3 is 2.00 bits per heavy atom. The Morgan fingerprint density at radius 1 is 0.909 bits per heavy atom. The van der Waals surface area contributed by atoms with Gasteiger partial charge in [0.25, 0.3) is 0 Å². The van der Waals surface area contributed by atoms with Crippen molar-refractivity contribution in [3.63, 3.8) is 0 Å². The van der Waals surface area contributed by atoms with E-state index >= 15 is 0 Å². The first kappa shape index (κ1) is 29.5. The average molecular weight is 476 g/mol. The van der Waals surface area contributed by atoms with Crippen LogP contribution in [0.2, 0.25) is 0 Å². The first-order valence-corrected chi connectivity index (χ1v) is 10.1. The number of hydrogen-bond acceptors (Lipinski definition) is 8. The van der Waals surface area contributed by atoms with Crippen molar-refractivity contribution in [2.24, 2.45) is 22.2 Å². The van der Waals surface area contributed by atoms with Gasteiger partial charge in [0.2, 0.25) is 17.7 Å². The van der Waals surface area contributed by atoms with Crippen LogP contribution >= 0.6 is 0 Å². The molecule has 3 amide bonds. The fourth-order valence-electron chi connectivity index (χ4n) is 2.49. The number of nitrogens with zero attached hydrogens (tertiary/aromatic N) is 1. The molecule has 5 atom stereocenters. The van der Waals surface area contributed by atoms with Crippen LogP contribution in [0, 0.1) is 0 Å². The van der Waals surface area contributed by atoms with Gasteiger partial charge < -0.3 is 48.5 Å². The third kappa shape index (κ3) is 12.2. The number of aliphatic imine (C=N–C) groups is 1. The summed E-state index contributed by atoms with van der Waals surface area (Å²) in [5.41, 5.74) is 16.2. The average Bonchev–Trinajstić information content (AvgIpc) is 2.70. The van der Waals surface area contributed by atoms with Crippen molar-refractivity contribution in [2.75, 3.05) is 6.54 Å². The predicted octanol–water partition coefficient (Wildman–Crippen LogP) is -3.83. The first-order chi connectivity index (χ1) is 15.3. The number of carbonyl (C=O) groups is 5. The Labute approximate surface area is 190 Å². The fraction of sp³-hybridized carbons (Fsp3) is 0.667. The molecule has 0 aliphatic rings. The number of aliphatic hydroxyl groups excluding tert-OH is 1. The molecule has 0 radical (unpaired) electrons. The second-order valence-electron chi connectivity index (χ2n) is 7.34. The van der Waals surface area contributed by atoms with Crippen molar-refractivity contribution in [3.8, 4) is 0 Å². The summed E-state index contributed by atoms with van der Waals surface area (Å²) >= 11 is 0. The van der Waals surface area contributed by atoms with E-state index in [2.05, 4.69) is 20.9 Å². The first-order valence-electron chi connectivity index (χ1n) is 10.1. The zero-order chi connectivity index (χ0) is 25.7. The van der Waals surface area contributed by atoms with Gasteiger partial charge in [0.1, 0.15) is 18.1 Å². The number of aliphatic carboxylic acids is 2. The summed E-state index contributed by atoms with van der Waals surface area (Å²) in [6.07, 6.45) is -1.72. The Bertz CT molecular complexity index is 739. The van der Waals surface area contributed by atoms with E-state index in [0.29, 0.717) is 6.42 Å². The molecule has 0 spiro atoms. The highest BCUT2D eigenvalue weighted by Gasteiger charge is 2.32. The summed E-state index contributed by atoms with van der Waals surface area (Å²) in [5.74, 6) is -5.38. The molecule has 0 aromatic rings. The van der Waals surface area contributed by atoms with Crippen LogP contribution in [-0.4, -0.2) is 87.8 Å². The molecule has 0 heterocycles. The molecule has 0 bridgehead atoms. The largest absolute Gasteiger partial charge is 0.481 e. The van der Waals surface area contributed by atoms with Crippen molar-refractivity contribution in [1.82, 2.24) is 16.0 Å². The summed E-state index contributed by atoms with van der Waals surface area (Å²) in [7, 11) is 0. The van der Waals surface area contributed by atoms with E-state index in [-0.39, 0.29) is 25.3 Å². The molecular weight excluding hydrogens is 442 g/mol. The fourth-order valence-corrected chi connectivity index (χ4v) is 2.49. The zero-order valence-corrected chi connectivity index (χ0v) is 18.5. The summed E-state index contributed by atoms with van der Waals surface area (Å²) in [6.45, 7) is 2.64. The second kappa shape index (κ2) is 14.6. The second-order valence-corrected chi connectivity index (χ2v) is 7.34. The molecule has 0 fully saturated rings. The van der Waals surface area contributed by atoms with Gasteiger partial charge in [0.15, 0.2) is 5.96 Å². The number of nitrogens with two attached hydrogens (primary N) is 3. The number of nitrogens with one attached hydrogen (secondary N) is 3. The number of hydrogen-bond donors (Lipinski definition) is 9. The van der Waals surface area contributed by atoms with Crippen LogP contribution in [0.5, 0.6) is 0 Å². The third-order valence-corrected chi connectivity index (χ3v) is 4.38. The van der Waals surface area contributed by atoms with Crippen LogP contribution in [0.4, 0.5) is 0 Å². The number of guanidine groups is 1. The standard InChI is InChI=1S/C18H33N7O8/c1-8(17(32)33)23-15(30)11(5-6-12(27)28)24-16(31)13(9(2)26)25-14(29)10(19)4-3-7-22-18(20)21/h8-11,13,26H,3-7,19H2,1-2H3,(H,23,30)(H,24,31)(H,25,29)(H,27,28)(H,32,33)(H4,20,21,22). The lowest BCUT2D eigenvalue weighted by Crippen LogP contribution is -2.59. The third-order valence-electron chi connectivity index (χ3n) is 4.38. The van der Waals surface area contributed by atoms with E-state index in [4.69, 9.17) is 27.4 Å². The lowest BCUT2D eigenvalue weighted by molar-refractivity contribution is -0.142. The number of carbonyl (C=O) groups excluding carboxylic acids is 3. The van der Waals surface area contributed by atoms with Gasteiger partial charge in [0, 0.05) is 13.0 Å². The molecule has 0 saturated heterocycles. The molecule has 0 aliphatic carbocycles. The highest BCUT2D eigenvalue weighted by atomic mass is 16.4. The van der Waals surface area contributed by atoms with Gasteiger partial charge >= 0.3 is 11.9 Å². The lowest BCUT2D eigenvalue weighted by Gasteiger charge is -2.26. The molecule has 15 nitrogen and oxygen atoms in total. The van der Waals surface area contributed by atoms with Crippen LogP contribution < -0.4 is 33.2 Å². The summed E-state index contributed by atoms with van der Waals surface area (Å²) < 4.78 is 0. The van der Waals surface area contributed by atoms with Crippen LogP contribution in [0.1, 0.15) is 39.5 Å². The van der Waals surface area contributed by atoms with Crippen molar-refractivity contribution < 1.29 is 39.3 Å². The molecule has 33 heavy (non-hydrogen) atoms. The van der Waals surface area contributed by atoms with Crippen molar-refractivity contribution >= 4 is 35.6 Å². The van der Waals surface area contributed by atoms with Gasteiger partial charge in [-0.05, 0) is 33.1 Å². The quantitative estimate of drug-likeness (QED) is 0.0628. The van der Waals surface area contributed by atoms with Crippen LogP contribution in [0.3, 0.4) is 0 Å². The minimum absolute atomic E-state index is 0.113. The van der Waals surface area contributed by atoms with Crippen molar-refractivity contribution in [1.29, 1.82) is 0 Å². The molecule has 0 aromatic carbocycles. The Hall–Kier alpha value is -3.46. The van der Waals surface area contributed by atoms with E-state index < -0.39 is 66.4 Å². The number of aliphatic hydroxyl groups is 1. The number of amides is 3. The number of carboxylic acids is 2. The summed E-state index contributed by atoms with van der Waals surface area (Å²) in [5, 5.41) is 34.4. The molecule has 188 valence electrons.